The summed E-state index contributed by atoms with van der Waals surface area (Å²) in [6.45, 7) is 6.18. The molecule has 0 radical (unpaired) electrons. The topological polar surface area (TPSA) is 77.7 Å². The van der Waals surface area contributed by atoms with Crippen molar-refractivity contribution in [2.24, 2.45) is 0 Å². The van der Waals surface area contributed by atoms with Gasteiger partial charge >= 0.3 is 0 Å². The first-order valence-corrected chi connectivity index (χ1v) is 8.79. The number of hydrogen-bond donors (Lipinski definition) is 0. The fraction of sp³-hybridized carbons (Fsp3) is 0.500. The molecule has 2 aromatic heterocycles. The number of aryl methyl sites for hydroxylation is 2. The normalized spacial score (nSPS) is 12.0. The molecule has 0 saturated heterocycles. The predicted molar refractivity (Wildman–Crippen MR) is 73.9 cm³/mol. The maximum Gasteiger partial charge on any atom is 0.296 e. The van der Waals surface area contributed by atoms with E-state index in [0.717, 1.165) is 22.0 Å². The van der Waals surface area contributed by atoms with Crippen molar-refractivity contribution in [2.75, 3.05) is 0 Å². The summed E-state index contributed by atoms with van der Waals surface area (Å²) < 4.78 is 24.5. The quantitative estimate of drug-likeness (QED) is 0.808. The minimum atomic E-state index is -3.90. The number of thiazole rings is 1. The molecule has 0 aliphatic carbocycles. The Balaban J connectivity index is 2.65. The first-order chi connectivity index (χ1) is 8.84. The van der Waals surface area contributed by atoms with Crippen molar-refractivity contribution in [1.29, 1.82) is 0 Å². The van der Waals surface area contributed by atoms with Gasteiger partial charge in [-0.1, -0.05) is 6.92 Å². The smallest absolute Gasteiger partial charge is 0.296 e. The van der Waals surface area contributed by atoms with Crippen LogP contribution in [-0.4, -0.2) is 28.2 Å². The van der Waals surface area contributed by atoms with Crippen LogP contribution in [0.15, 0.2) is 5.16 Å². The first-order valence-electron chi connectivity index (χ1n) is 5.66. The van der Waals surface area contributed by atoms with E-state index in [1.54, 1.807) is 0 Å². The first kappa shape index (κ1) is 14.4. The monoisotopic (exact) mass is 320 g/mol. The molecule has 6 nitrogen and oxygen atoms in total. The van der Waals surface area contributed by atoms with Crippen LogP contribution in [0.25, 0.3) is 10.7 Å². The van der Waals surface area contributed by atoms with Crippen molar-refractivity contribution in [3.05, 3.63) is 10.7 Å². The number of nitrogens with zero attached hydrogens (tertiary/aromatic N) is 4. The molecule has 2 heterocycles. The zero-order valence-electron chi connectivity index (χ0n) is 10.7. The van der Waals surface area contributed by atoms with Gasteiger partial charge in [-0.15, -0.1) is 21.5 Å². The van der Waals surface area contributed by atoms with E-state index >= 15 is 0 Å². The van der Waals surface area contributed by atoms with Crippen molar-refractivity contribution in [3.63, 3.8) is 0 Å². The summed E-state index contributed by atoms with van der Waals surface area (Å²) in [5.74, 6) is 0.504. The van der Waals surface area contributed by atoms with Crippen molar-refractivity contribution in [3.8, 4) is 10.7 Å². The van der Waals surface area contributed by atoms with Gasteiger partial charge in [0.05, 0.1) is 15.6 Å². The number of halogens is 1. The second-order valence-corrected chi connectivity index (χ2v) is 7.71. The molecule has 0 atom stereocenters. The summed E-state index contributed by atoms with van der Waals surface area (Å²) in [4.78, 5) is 5.14. The van der Waals surface area contributed by atoms with Crippen LogP contribution in [-0.2, 0) is 15.6 Å². The molecule has 0 aliphatic rings. The molecule has 104 valence electrons. The van der Waals surface area contributed by atoms with Crippen molar-refractivity contribution in [1.82, 2.24) is 19.7 Å². The molecule has 0 bridgehead atoms. The van der Waals surface area contributed by atoms with Gasteiger partial charge in [0.1, 0.15) is 0 Å². The fourth-order valence-corrected chi connectivity index (χ4v) is 3.64. The van der Waals surface area contributed by atoms with Crippen LogP contribution in [0.1, 0.15) is 24.0 Å². The third-order valence-electron chi connectivity index (χ3n) is 2.49. The van der Waals surface area contributed by atoms with Gasteiger partial charge in [-0.2, -0.15) is 0 Å². The molecule has 0 saturated carbocycles. The number of rotatable bonds is 4. The molecular weight excluding hydrogens is 308 g/mol. The average Bonchev–Trinajstić information content (AvgIpc) is 2.82. The lowest BCUT2D eigenvalue weighted by atomic mass is 10.3. The number of aromatic nitrogens is 4. The van der Waals surface area contributed by atoms with Gasteiger partial charge in [-0.05, 0) is 20.3 Å². The van der Waals surface area contributed by atoms with E-state index in [-0.39, 0.29) is 5.16 Å². The summed E-state index contributed by atoms with van der Waals surface area (Å²) in [5.41, 5.74) is 0.811. The zero-order chi connectivity index (χ0) is 14.2. The molecule has 19 heavy (non-hydrogen) atoms. The molecular formula is C10H13ClN4O2S2. The molecule has 2 aromatic rings. The zero-order valence-corrected chi connectivity index (χ0v) is 13.1. The predicted octanol–water partition coefficient (Wildman–Crippen LogP) is 2.36. The third kappa shape index (κ3) is 2.80. The molecule has 0 aromatic carbocycles. The van der Waals surface area contributed by atoms with Gasteiger partial charge in [0, 0.05) is 17.2 Å². The highest BCUT2D eigenvalue weighted by Crippen LogP contribution is 2.30. The van der Waals surface area contributed by atoms with Crippen LogP contribution in [0.5, 0.6) is 0 Å². The lowest BCUT2D eigenvalue weighted by Gasteiger charge is -2.06. The highest BCUT2D eigenvalue weighted by atomic mass is 35.7. The minimum absolute atomic E-state index is 0.212. The Hall–Kier alpha value is -0.990. The van der Waals surface area contributed by atoms with E-state index in [1.807, 2.05) is 20.8 Å². The molecule has 0 unspecified atom stereocenters. The Morgan fingerprint density at radius 3 is 2.47 bits per heavy atom. The van der Waals surface area contributed by atoms with E-state index in [0.29, 0.717) is 12.4 Å². The average molecular weight is 321 g/mol. The number of hydrogen-bond acceptors (Lipinski definition) is 6. The molecule has 9 heteroatoms. The van der Waals surface area contributed by atoms with Crippen molar-refractivity contribution < 1.29 is 8.42 Å². The molecule has 0 fully saturated rings. The van der Waals surface area contributed by atoms with Crippen molar-refractivity contribution >= 4 is 31.1 Å². The van der Waals surface area contributed by atoms with Crippen LogP contribution < -0.4 is 0 Å². The Morgan fingerprint density at radius 1 is 1.32 bits per heavy atom. The van der Waals surface area contributed by atoms with Gasteiger partial charge in [-0.25, -0.2) is 13.4 Å². The van der Waals surface area contributed by atoms with E-state index in [1.165, 1.54) is 15.9 Å². The Morgan fingerprint density at radius 2 is 2.00 bits per heavy atom. The van der Waals surface area contributed by atoms with Crippen LogP contribution in [0, 0.1) is 13.8 Å². The maximum atomic E-state index is 11.5. The lowest BCUT2D eigenvalue weighted by Crippen LogP contribution is -2.07. The third-order valence-corrected chi connectivity index (χ3v) is 4.71. The Bertz CT molecular complexity index is 705. The van der Waals surface area contributed by atoms with Gasteiger partial charge in [0.25, 0.3) is 14.2 Å². The van der Waals surface area contributed by atoms with E-state index < -0.39 is 9.05 Å². The molecule has 2 rings (SSSR count). The minimum Gasteiger partial charge on any atom is -0.296 e. The molecule has 0 aliphatic heterocycles. The standard InChI is InChI=1S/C10H13ClN4O2S2/c1-4-5-15-9(8-6(2)12-7(3)18-8)13-14-10(15)19(11,16)17/h4-5H2,1-3H3. The van der Waals surface area contributed by atoms with Gasteiger partial charge < -0.3 is 0 Å². The SMILES string of the molecule is CCCn1c(-c2sc(C)nc2C)nnc1S(=O)(=O)Cl. The summed E-state index contributed by atoms with van der Waals surface area (Å²) >= 11 is 1.46. The molecule has 0 N–H and O–H groups in total. The van der Waals surface area contributed by atoms with E-state index in [2.05, 4.69) is 15.2 Å². The van der Waals surface area contributed by atoms with Gasteiger partial charge in [-0.3, -0.25) is 4.57 Å². The van der Waals surface area contributed by atoms with E-state index in [9.17, 15) is 8.42 Å². The Labute approximate surface area is 119 Å². The van der Waals surface area contributed by atoms with Crippen LogP contribution in [0.3, 0.4) is 0 Å². The highest BCUT2D eigenvalue weighted by molar-refractivity contribution is 8.13. The van der Waals surface area contributed by atoms with Crippen LogP contribution in [0.2, 0.25) is 0 Å². The summed E-state index contributed by atoms with van der Waals surface area (Å²) in [6, 6.07) is 0. The van der Waals surface area contributed by atoms with Crippen molar-refractivity contribution in [2.45, 2.75) is 38.9 Å². The van der Waals surface area contributed by atoms with Crippen LogP contribution >= 0.6 is 22.0 Å². The second-order valence-electron chi connectivity index (χ2n) is 4.04. The van der Waals surface area contributed by atoms with Gasteiger partial charge in [0.2, 0.25) is 0 Å². The van der Waals surface area contributed by atoms with E-state index in [4.69, 9.17) is 10.7 Å². The van der Waals surface area contributed by atoms with Crippen LogP contribution in [0.4, 0.5) is 0 Å². The summed E-state index contributed by atoms with van der Waals surface area (Å²) in [7, 11) is 1.48. The Kier molecular flexibility index (Phi) is 3.93. The maximum absolute atomic E-state index is 11.5. The summed E-state index contributed by atoms with van der Waals surface area (Å²) in [6.07, 6.45) is 0.751. The molecule has 0 amide bonds. The highest BCUT2D eigenvalue weighted by Gasteiger charge is 2.24. The summed E-state index contributed by atoms with van der Waals surface area (Å²) in [5, 5.41) is 8.36. The fourth-order valence-electron chi connectivity index (χ4n) is 1.80. The second kappa shape index (κ2) is 5.18. The van der Waals surface area contributed by atoms with Gasteiger partial charge in [0.15, 0.2) is 5.82 Å². The largest absolute Gasteiger partial charge is 0.296 e. The molecule has 0 spiro atoms. The lowest BCUT2D eigenvalue weighted by molar-refractivity contribution is 0.570.